The van der Waals surface area contributed by atoms with E-state index in [1.807, 2.05) is 0 Å². The van der Waals surface area contributed by atoms with E-state index >= 15 is 0 Å². The van der Waals surface area contributed by atoms with Crippen LogP contribution in [0.25, 0.3) is 0 Å². The van der Waals surface area contributed by atoms with E-state index in [1.165, 1.54) is 38.5 Å². The van der Waals surface area contributed by atoms with Crippen LogP contribution in [0.2, 0.25) is 0 Å². The van der Waals surface area contributed by atoms with Gasteiger partial charge in [0.25, 0.3) is 0 Å². The molecule has 0 bridgehead atoms. The van der Waals surface area contributed by atoms with Crippen LogP contribution in [0.5, 0.6) is 0 Å². The highest BCUT2D eigenvalue weighted by Crippen LogP contribution is 2.22. The second kappa shape index (κ2) is 7.73. The largest absolute Gasteiger partial charge is 0.378 e. The van der Waals surface area contributed by atoms with Crippen molar-refractivity contribution in [2.24, 2.45) is 16.6 Å². The molecule has 4 nitrogen and oxygen atoms in total. The minimum Gasteiger partial charge on any atom is -0.378 e. The van der Waals surface area contributed by atoms with Gasteiger partial charge < -0.3 is 15.4 Å². The normalized spacial score (nSPS) is 30.2. The van der Waals surface area contributed by atoms with Crippen molar-refractivity contribution in [1.29, 1.82) is 0 Å². The highest BCUT2D eigenvalue weighted by Gasteiger charge is 2.19. The maximum atomic E-state index is 6.11. The Balaban J connectivity index is 1.71. The van der Waals surface area contributed by atoms with Crippen LogP contribution in [0.1, 0.15) is 51.9 Å². The summed E-state index contributed by atoms with van der Waals surface area (Å²) in [4.78, 5) is 6.85. The highest BCUT2D eigenvalue weighted by atomic mass is 16.5. The number of aliphatic imine (C=N–C) groups is 1. The predicted octanol–water partition coefficient (Wildman–Crippen LogP) is 2.38. The Bertz CT molecular complexity index is 285. The molecule has 2 N–H and O–H groups in total. The molecule has 0 unspecified atom stereocenters. The molecule has 2 aliphatic heterocycles. The molecule has 0 aromatic heterocycles. The molecule has 4 heteroatoms. The summed E-state index contributed by atoms with van der Waals surface area (Å²) in [6.07, 6.45) is 9.13. The van der Waals surface area contributed by atoms with Crippen molar-refractivity contribution in [3.05, 3.63) is 0 Å². The van der Waals surface area contributed by atoms with Crippen molar-refractivity contribution < 1.29 is 4.74 Å². The number of nitrogens with two attached hydrogens (primary N) is 1. The van der Waals surface area contributed by atoms with Crippen molar-refractivity contribution in [3.63, 3.8) is 0 Å². The van der Waals surface area contributed by atoms with E-state index in [4.69, 9.17) is 10.5 Å². The van der Waals surface area contributed by atoms with Gasteiger partial charge in [0, 0.05) is 26.2 Å². The Morgan fingerprint density at radius 1 is 1.26 bits per heavy atom. The summed E-state index contributed by atoms with van der Waals surface area (Å²) in [7, 11) is 0. The number of ether oxygens (including phenoxy) is 1. The van der Waals surface area contributed by atoms with Gasteiger partial charge in [-0.05, 0) is 44.9 Å². The van der Waals surface area contributed by atoms with Gasteiger partial charge in [0.15, 0.2) is 5.96 Å². The van der Waals surface area contributed by atoms with Crippen LogP contribution in [0.15, 0.2) is 4.99 Å². The van der Waals surface area contributed by atoms with E-state index in [1.54, 1.807) is 0 Å². The lowest BCUT2D eigenvalue weighted by atomic mass is 9.93. The fourth-order valence-electron chi connectivity index (χ4n) is 3.11. The number of likely N-dealkylation sites (tertiary alicyclic amines) is 1. The molecule has 2 saturated heterocycles. The molecular formula is C15H29N3O. The zero-order valence-corrected chi connectivity index (χ0v) is 12.3. The van der Waals surface area contributed by atoms with Gasteiger partial charge in [-0.25, -0.2) is 0 Å². The van der Waals surface area contributed by atoms with Crippen LogP contribution in [0.4, 0.5) is 0 Å². The monoisotopic (exact) mass is 267 g/mol. The smallest absolute Gasteiger partial charge is 0.191 e. The number of nitrogens with zero attached hydrogens (tertiary/aromatic N) is 2. The first-order chi connectivity index (χ1) is 9.25. The van der Waals surface area contributed by atoms with Crippen LogP contribution >= 0.6 is 0 Å². The summed E-state index contributed by atoms with van der Waals surface area (Å²) in [5.74, 6) is 1.53. The summed E-state index contributed by atoms with van der Waals surface area (Å²) in [5, 5.41) is 0. The summed E-state index contributed by atoms with van der Waals surface area (Å²) in [6.45, 7) is 6.13. The molecule has 0 aromatic rings. The first-order valence-corrected chi connectivity index (χ1v) is 7.92. The van der Waals surface area contributed by atoms with Crippen molar-refractivity contribution in [2.75, 3.05) is 26.2 Å². The van der Waals surface area contributed by atoms with Crippen molar-refractivity contribution >= 4 is 5.96 Å². The lowest BCUT2D eigenvalue weighted by molar-refractivity contribution is 0.00147. The Morgan fingerprint density at radius 3 is 2.68 bits per heavy atom. The van der Waals surface area contributed by atoms with Gasteiger partial charge in [-0.15, -0.1) is 0 Å². The van der Waals surface area contributed by atoms with Gasteiger partial charge in [0.1, 0.15) is 0 Å². The summed E-state index contributed by atoms with van der Waals surface area (Å²) < 4.78 is 5.58. The van der Waals surface area contributed by atoms with Crippen LogP contribution in [0.3, 0.4) is 0 Å². The van der Waals surface area contributed by atoms with Crippen LogP contribution in [0, 0.1) is 5.92 Å². The number of rotatable bonds is 3. The van der Waals surface area contributed by atoms with E-state index in [0.717, 1.165) is 44.5 Å². The van der Waals surface area contributed by atoms with Gasteiger partial charge in [-0.1, -0.05) is 12.8 Å². The van der Waals surface area contributed by atoms with Gasteiger partial charge in [-0.2, -0.15) is 0 Å². The zero-order valence-electron chi connectivity index (χ0n) is 12.3. The maximum Gasteiger partial charge on any atom is 0.191 e. The molecule has 2 fully saturated rings. The quantitative estimate of drug-likeness (QED) is 0.631. The molecule has 110 valence electrons. The van der Waals surface area contributed by atoms with Crippen LogP contribution in [-0.2, 0) is 4.74 Å². The highest BCUT2D eigenvalue weighted by molar-refractivity contribution is 5.78. The zero-order chi connectivity index (χ0) is 13.5. The van der Waals surface area contributed by atoms with Crippen LogP contribution < -0.4 is 5.73 Å². The van der Waals surface area contributed by atoms with Crippen LogP contribution in [-0.4, -0.2) is 43.2 Å². The van der Waals surface area contributed by atoms with Crippen molar-refractivity contribution in [2.45, 2.75) is 58.0 Å². The number of hydrogen-bond acceptors (Lipinski definition) is 2. The number of guanidine groups is 1. The van der Waals surface area contributed by atoms with Crippen molar-refractivity contribution in [1.82, 2.24) is 4.90 Å². The minimum absolute atomic E-state index is 0.422. The van der Waals surface area contributed by atoms with E-state index in [2.05, 4.69) is 16.8 Å². The molecule has 0 aromatic carbocycles. The molecule has 19 heavy (non-hydrogen) atoms. The van der Waals surface area contributed by atoms with Gasteiger partial charge in [0.05, 0.1) is 6.10 Å². The van der Waals surface area contributed by atoms with E-state index in [9.17, 15) is 0 Å². The standard InChI is InChI=1S/C15H29N3O/c1-13-12-14(7-11-19-13)6-8-17-15(16)18-9-4-2-3-5-10-18/h13-14H,2-12H2,1H3,(H2,16,17)/t13-,14-/m1/s1. The molecule has 2 aliphatic rings. The average Bonchev–Trinajstić information content (AvgIpc) is 2.67. The third-order valence-corrected chi connectivity index (χ3v) is 4.33. The van der Waals surface area contributed by atoms with E-state index in [-0.39, 0.29) is 0 Å². The molecule has 0 aliphatic carbocycles. The third kappa shape index (κ3) is 5.01. The van der Waals surface area contributed by atoms with Gasteiger partial charge in [0.2, 0.25) is 0 Å². The molecule has 0 amide bonds. The first-order valence-electron chi connectivity index (χ1n) is 7.92. The molecule has 0 spiro atoms. The SMILES string of the molecule is C[C@@H]1C[C@H](CCN=C(N)N2CCCCCC2)CCO1. The fourth-order valence-corrected chi connectivity index (χ4v) is 3.11. The summed E-state index contributed by atoms with van der Waals surface area (Å²) >= 11 is 0. The maximum absolute atomic E-state index is 6.11. The Hall–Kier alpha value is -0.770. The molecule has 2 atom stereocenters. The Labute approximate surface area is 117 Å². The topological polar surface area (TPSA) is 50.8 Å². The summed E-state index contributed by atoms with van der Waals surface area (Å²) in [6, 6.07) is 0. The molecule has 0 radical (unpaired) electrons. The number of hydrogen-bond donors (Lipinski definition) is 1. The second-order valence-corrected chi connectivity index (χ2v) is 6.00. The Morgan fingerprint density at radius 2 is 2.00 bits per heavy atom. The molecule has 0 saturated carbocycles. The summed E-state index contributed by atoms with van der Waals surface area (Å²) in [5.41, 5.74) is 6.11. The van der Waals surface area contributed by atoms with Gasteiger partial charge >= 0.3 is 0 Å². The van der Waals surface area contributed by atoms with E-state index < -0.39 is 0 Å². The molecule has 2 heterocycles. The fraction of sp³-hybridized carbons (Fsp3) is 0.933. The minimum atomic E-state index is 0.422. The predicted molar refractivity (Wildman–Crippen MR) is 79.3 cm³/mol. The van der Waals surface area contributed by atoms with Gasteiger partial charge in [-0.3, -0.25) is 4.99 Å². The second-order valence-electron chi connectivity index (χ2n) is 6.00. The average molecular weight is 267 g/mol. The molecular weight excluding hydrogens is 238 g/mol. The third-order valence-electron chi connectivity index (χ3n) is 4.33. The lowest BCUT2D eigenvalue weighted by Gasteiger charge is -2.27. The van der Waals surface area contributed by atoms with Crippen molar-refractivity contribution in [3.8, 4) is 0 Å². The Kier molecular flexibility index (Phi) is 5.95. The lowest BCUT2D eigenvalue weighted by Crippen LogP contribution is -2.38. The van der Waals surface area contributed by atoms with E-state index in [0.29, 0.717) is 6.10 Å². The first kappa shape index (κ1) is 14.6. The molecule has 2 rings (SSSR count).